The van der Waals surface area contributed by atoms with Crippen molar-refractivity contribution in [3.05, 3.63) is 17.5 Å². The molecule has 3 rings (SSSR count). The number of aromatic nitrogens is 3. The molecule has 0 radical (unpaired) electrons. The highest BCUT2D eigenvalue weighted by atomic mass is 32.2. The molecule has 2 aromatic rings. The van der Waals surface area contributed by atoms with Crippen molar-refractivity contribution in [1.29, 1.82) is 0 Å². The molecule has 1 fully saturated rings. The number of thioether (sulfide) groups is 1. The maximum atomic E-state index is 11.9. The lowest BCUT2D eigenvalue weighted by Crippen LogP contribution is -2.44. The summed E-state index contributed by atoms with van der Waals surface area (Å²) in [6.45, 7) is 0. The first-order chi connectivity index (χ1) is 11.6. The summed E-state index contributed by atoms with van der Waals surface area (Å²) in [5.74, 6) is 6.15. The summed E-state index contributed by atoms with van der Waals surface area (Å²) in [6, 6.07) is 3.52. The van der Waals surface area contributed by atoms with E-state index in [2.05, 4.69) is 20.8 Å². The Labute approximate surface area is 147 Å². The van der Waals surface area contributed by atoms with E-state index < -0.39 is 11.9 Å². The number of nitrogens with two attached hydrogens (primary N) is 1. The first-order valence-electron chi connectivity index (χ1n) is 7.61. The van der Waals surface area contributed by atoms with Gasteiger partial charge in [-0.1, -0.05) is 30.7 Å². The van der Waals surface area contributed by atoms with Gasteiger partial charge in [0, 0.05) is 6.04 Å². The number of rotatable bonds is 5. The molecular formula is C14H18N6O2S2. The predicted octanol–water partition coefficient (Wildman–Crippen LogP) is 1.58. The zero-order valence-corrected chi connectivity index (χ0v) is 14.5. The number of imide groups is 1. The Hall–Kier alpha value is -2.07. The van der Waals surface area contributed by atoms with Crippen molar-refractivity contribution in [2.45, 2.75) is 36.9 Å². The predicted molar refractivity (Wildman–Crippen MR) is 93.1 cm³/mol. The van der Waals surface area contributed by atoms with Crippen molar-refractivity contribution in [3.63, 3.8) is 0 Å². The van der Waals surface area contributed by atoms with Crippen LogP contribution in [0.2, 0.25) is 0 Å². The van der Waals surface area contributed by atoms with Gasteiger partial charge < -0.3 is 11.2 Å². The number of urea groups is 1. The second-order valence-electron chi connectivity index (χ2n) is 5.45. The number of nitrogens with one attached hydrogen (secondary N) is 2. The molecule has 0 spiro atoms. The molecule has 1 aliphatic rings. The average Bonchev–Trinajstić information content (AvgIpc) is 3.27. The van der Waals surface area contributed by atoms with E-state index in [0.29, 0.717) is 11.0 Å². The molecule has 1 aliphatic carbocycles. The minimum absolute atomic E-state index is 0.0395. The first kappa shape index (κ1) is 16.8. The van der Waals surface area contributed by atoms with Crippen molar-refractivity contribution < 1.29 is 9.59 Å². The summed E-state index contributed by atoms with van der Waals surface area (Å²) < 4.78 is 1.35. The third-order valence-corrected chi connectivity index (χ3v) is 5.49. The molecule has 8 nitrogen and oxygen atoms in total. The molecular weight excluding hydrogens is 348 g/mol. The van der Waals surface area contributed by atoms with E-state index in [1.165, 1.54) is 16.0 Å². The van der Waals surface area contributed by atoms with Gasteiger partial charge in [0.05, 0.1) is 10.6 Å². The Bertz CT molecular complexity index is 709. The molecule has 24 heavy (non-hydrogen) atoms. The van der Waals surface area contributed by atoms with Gasteiger partial charge in [-0.2, -0.15) is 0 Å². The quantitative estimate of drug-likeness (QED) is 0.547. The monoisotopic (exact) mass is 366 g/mol. The van der Waals surface area contributed by atoms with Crippen LogP contribution in [0.15, 0.2) is 22.7 Å². The SMILES string of the molecule is Nn1c(SCC(=O)NC(=O)NC2CCCC2)nnc1-c1cccs1. The lowest BCUT2D eigenvalue weighted by Gasteiger charge is -2.11. The van der Waals surface area contributed by atoms with E-state index in [-0.39, 0.29) is 11.8 Å². The van der Waals surface area contributed by atoms with Gasteiger partial charge in [-0.3, -0.25) is 10.1 Å². The van der Waals surface area contributed by atoms with Gasteiger partial charge in [0.15, 0.2) is 5.82 Å². The highest BCUT2D eigenvalue weighted by Gasteiger charge is 2.19. The van der Waals surface area contributed by atoms with E-state index in [0.717, 1.165) is 42.3 Å². The minimum Gasteiger partial charge on any atom is -0.335 e. The van der Waals surface area contributed by atoms with Crippen molar-refractivity contribution in [2.24, 2.45) is 0 Å². The molecule has 0 aromatic carbocycles. The van der Waals surface area contributed by atoms with Crippen LogP contribution in [0.3, 0.4) is 0 Å². The number of amides is 3. The van der Waals surface area contributed by atoms with Crippen LogP contribution in [0.25, 0.3) is 10.7 Å². The Morgan fingerprint density at radius 1 is 1.38 bits per heavy atom. The van der Waals surface area contributed by atoms with Crippen molar-refractivity contribution in [1.82, 2.24) is 25.5 Å². The number of carbonyl (C=O) groups excluding carboxylic acids is 2. The maximum Gasteiger partial charge on any atom is 0.321 e. The van der Waals surface area contributed by atoms with Crippen LogP contribution in [0.1, 0.15) is 25.7 Å². The molecule has 0 bridgehead atoms. The van der Waals surface area contributed by atoms with Crippen LogP contribution < -0.4 is 16.5 Å². The second kappa shape index (κ2) is 7.67. The zero-order chi connectivity index (χ0) is 16.9. The molecule has 1 saturated carbocycles. The van der Waals surface area contributed by atoms with Gasteiger partial charge in [0.25, 0.3) is 0 Å². The highest BCUT2D eigenvalue weighted by Crippen LogP contribution is 2.25. The fourth-order valence-corrected chi connectivity index (χ4v) is 3.90. The molecule has 10 heteroatoms. The first-order valence-corrected chi connectivity index (χ1v) is 9.47. The van der Waals surface area contributed by atoms with E-state index in [1.54, 1.807) is 0 Å². The molecule has 0 aliphatic heterocycles. The van der Waals surface area contributed by atoms with Crippen LogP contribution in [-0.4, -0.2) is 38.6 Å². The van der Waals surface area contributed by atoms with Gasteiger partial charge in [-0.15, -0.1) is 21.5 Å². The number of carbonyl (C=O) groups is 2. The summed E-state index contributed by atoms with van der Waals surface area (Å²) in [4.78, 5) is 24.5. The number of thiophene rings is 1. The van der Waals surface area contributed by atoms with Crippen molar-refractivity contribution in [3.8, 4) is 10.7 Å². The van der Waals surface area contributed by atoms with Crippen LogP contribution in [0.4, 0.5) is 4.79 Å². The van der Waals surface area contributed by atoms with E-state index in [1.807, 2.05) is 17.5 Å². The summed E-state index contributed by atoms with van der Waals surface area (Å²) >= 11 is 2.64. The molecule has 0 saturated heterocycles. The molecule has 0 unspecified atom stereocenters. The average molecular weight is 366 g/mol. The van der Waals surface area contributed by atoms with Crippen LogP contribution in [-0.2, 0) is 4.79 Å². The molecule has 0 atom stereocenters. The van der Waals surface area contributed by atoms with Gasteiger partial charge in [-0.25, -0.2) is 9.47 Å². The molecule has 128 valence electrons. The molecule has 3 amide bonds. The summed E-state index contributed by atoms with van der Waals surface area (Å²) in [5.41, 5.74) is 0. The molecule has 2 aromatic heterocycles. The highest BCUT2D eigenvalue weighted by molar-refractivity contribution is 7.99. The number of hydrogen-bond donors (Lipinski definition) is 3. The van der Waals surface area contributed by atoms with Crippen molar-refractivity contribution in [2.75, 3.05) is 11.6 Å². The fraction of sp³-hybridized carbons (Fsp3) is 0.429. The van der Waals surface area contributed by atoms with Gasteiger partial charge in [0.2, 0.25) is 11.1 Å². The zero-order valence-electron chi connectivity index (χ0n) is 12.9. The lowest BCUT2D eigenvalue weighted by molar-refractivity contribution is -0.117. The fourth-order valence-electron chi connectivity index (χ4n) is 2.53. The maximum absolute atomic E-state index is 11.9. The largest absolute Gasteiger partial charge is 0.335 e. The van der Waals surface area contributed by atoms with E-state index in [4.69, 9.17) is 5.84 Å². The van der Waals surface area contributed by atoms with Crippen LogP contribution in [0, 0.1) is 0 Å². The Balaban J connectivity index is 1.48. The Morgan fingerprint density at radius 3 is 2.88 bits per heavy atom. The van der Waals surface area contributed by atoms with Crippen molar-refractivity contribution >= 4 is 35.0 Å². The van der Waals surface area contributed by atoms with E-state index >= 15 is 0 Å². The third-order valence-electron chi connectivity index (χ3n) is 3.68. The topological polar surface area (TPSA) is 115 Å². The van der Waals surface area contributed by atoms with Crippen LogP contribution >= 0.6 is 23.1 Å². The molecule has 4 N–H and O–H groups in total. The smallest absolute Gasteiger partial charge is 0.321 e. The number of nitrogens with zero attached hydrogens (tertiary/aromatic N) is 3. The minimum atomic E-state index is -0.444. The number of nitrogen functional groups attached to an aromatic ring is 1. The summed E-state index contributed by atoms with van der Waals surface area (Å²) in [6.07, 6.45) is 4.18. The normalized spacial score (nSPS) is 14.7. The summed E-state index contributed by atoms with van der Waals surface area (Å²) in [7, 11) is 0. The van der Waals surface area contributed by atoms with Crippen LogP contribution in [0.5, 0.6) is 0 Å². The van der Waals surface area contributed by atoms with Gasteiger partial charge >= 0.3 is 6.03 Å². The Kier molecular flexibility index (Phi) is 5.36. The standard InChI is InChI=1S/C14H18N6O2S2/c15-20-12(10-6-3-7-23-10)18-19-14(20)24-8-11(21)17-13(22)16-9-4-1-2-5-9/h3,6-7,9H,1-2,4-5,8,15H2,(H2,16,17,21,22). The number of hydrogen-bond acceptors (Lipinski definition) is 7. The lowest BCUT2D eigenvalue weighted by atomic mass is 10.2. The van der Waals surface area contributed by atoms with Gasteiger partial charge in [0.1, 0.15) is 0 Å². The summed E-state index contributed by atoms with van der Waals surface area (Å²) in [5, 5.41) is 15.5. The second-order valence-corrected chi connectivity index (χ2v) is 7.34. The molecule has 2 heterocycles. The third kappa shape index (κ3) is 4.06. The van der Waals surface area contributed by atoms with E-state index in [9.17, 15) is 9.59 Å². The van der Waals surface area contributed by atoms with Gasteiger partial charge in [-0.05, 0) is 24.3 Å². The Morgan fingerprint density at radius 2 is 2.17 bits per heavy atom.